The van der Waals surface area contributed by atoms with Crippen LogP contribution in [0.5, 0.6) is 0 Å². The zero-order valence-corrected chi connectivity index (χ0v) is 13.5. The lowest BCUT2D eigenvalue weighted by Crippen LogP contribution is -2.49. The predicted molar refractivity (Wildman–Crippen MR) is 83.8 cm³/mol. The highest BCUT2D eigenvalue weighted by Gasteiger charge is 2.29. The summed E-state index contributed by atoms with van der Waals surface area (Å²) in [5.74, 6) is 0.0659. The summed E-state index contributed by atoms with van der Waals surface area (Å²) in [6, 6.07) is 5.71. The average molecular weight is 341 g/mol. The van der Waals surface area contributed by atoms with Crippen molar-refractivity contribution < 1.29 is 9.90 Å². The van der Waals surface area contributed by atoms with Gasteiger partial charge in [-0.3, -0.25) is 4.79 Å². The van der Waals surface area contributed by atoms with Crippen molar-refractivity contribution in [3.8, 4) is 0 Å². The van der Waals surface area contributed by atoms with Crippen LogP contribution in [0.15, 0.2) is 22.7 Å². The van der Waals surface area contributed by atoms with E-state index >= 15 is 0 Å². The molecule has 0 aromatic heterocycles. The highest BCUT2D eigenvalue weighted by Crippen LogP contribution is 2.33. The number of aliphatic hydroxyl groups is 1. The van der Waals surface area contributed by atoms with E-state index in [1.54, 1.807) is 14.0 Å². The van der Waals surface area contributed by atoms with Crippen molar-refractivity contribution in [3.05, 3.63) is 28.2 Å². The fourth-order valence-electron chi connectivity index (χ4n) is 2.68. The molecule has 0 spiro atoms. The molecule has 2 rings (SSSR count). The molecule has 1 aliphatic rings. The van der Waals surface area contributed by atoms with Crippen LogP contribution in [0.25, 0.3) is 0 Å². The summed E-state index contributed by atoms with van der Waals surface area (Å²) in [6.45, 7) is 2.63. The van der Waals surface area contributed by atoms with Crippen molar-refractivity contribution in [1.82, 2.24) is 5.32 Å². The lowest BCUT2D eigenvalue weighted by atomic mass is 10.00. The number of rotatable bonds is 3. The van der Waals surface area contributed by atoms with Gasteiger partial charge in [-0.2, -0.15) is 0 Å². The normalized spacial score (nSPS) is 20.6. The third-order valence-electron chi connectivity index (χ3n) is 3.82. The zero-order chi connectivity index (χ0) is 14.7. The van der Waals surface area contributed by atoms with Gasteiger partial charge in [0.25, 0.3) is 0 Å². The van der Waals surface area contributed by atoms with Crippen molar-refractivity contribution in [2.24, 2.45) is 0 Å². The second-order valence-electron chi connectivity index (χ2n) is 5.21. The number of carbonyl (C=O) groups excluding carboxylic acids is 1. The average Bonchev–Trinajstić information content (AvgIpc) is 2.46. The maximum atomic E-state index is 12.0. The second kappa shape index (κ2) is 6.59. The highest BCUT2D eigenvalue weighted by atomic mass is 79.9. The van der Waals surface area contributed by atoms with Gasteiger partial charge in [-0.25, -0.2) is 0 Å². The number of likely N-dealkylation sites (N-methyl/N-ethyl adjacent to an activating group) is 1. The molecule has 1 amide bonds. The summed E-state index contributed by atoms with van der Waals surface area (Å²) in [7, 11) is 1.68. The fourth-order valence-corrected chi connectivity index (χ4v) is 3.30. The molecule has 1 aromatic rings. The minimum Gasteiger partial charge on any atom is -0.389 e. The Morgan fingerprint density at radius 3 is 2.85 bits per heavy atom. The van der Waals surface area contributed by atoms with Gasteiger partial charge in [-0.15, -0.1) is 0 Å². The molecule has 1 fully saturated rings. The van der Waals surface area contributed by atoms with E-state index in [1.165, 1.54) is 0 Å². The van der Waals surface area contributed by atoms with E-state index in [1.807, 2.05) is 18.2 Å². The van der Waals surface area contributed by atoms with E-state index in [0.29, 0.717) is 0 Å². The summed E-state index contributed by atoms with van der Waals surface area (Å²) in [5, 5.41) is 12.4. The fraction of sp³-hybridized carbons (Fsp3) is 0.533. The van der Waals surface area contributed by atoms with Crippen LogP contribution in [-0.2, 0) is 4.79 Å². The summed E-state index contributed by atoms with van der Waals surface area (Å²) in [4.78, 5) is 14.2. The van der Waals surface area contributed by atoms with Gasteiger partial charge in [0.1, 0.15) is 6.04 Å². The van der Waals surface area contributed by atoms with Gasteiger partial charge in [-0.05, 0) is 59.8 Å². The van der Waals surface area contributed by atoms with Crippen LogP contribution in [-0.4, -0.2) is 30.6 Å². The van der Waals surface area contributed by atoms with Crippen LogP contribution >= 0.6 is 15.9 Å². The van der Waals surface area contributed by atoms with Gasteiger partial charge in [-0.1, -0.05) is 6.07 Å². The van der Waals surface area contributed by atoms with Crippen LogP contribution in [0.3, 0.4) is 0 Å². The monoisotopic (exact) mass is 340 g/mol. The van der Waals surface area contributed by atoms with Crippen molar-refractivity contribution in [3.63, 3.8) is 0 Å². The summed E-state index contributed by atoms with van der Waals surface area (Å²) >= 11 is 3.57. The number of nitrogens with one attached hydrogen (secondary N) is 1. The maximum Gasteiger partial charge on any atom is 0.242 e. The molecule has 1 unspecified atom stereocenters. The van der Waals surface area contributed by atoms with Crippen LogP contribution < -0.4 is 10.2 Å². The Morgan fingerprint density at radius 2 is 2.25 bits per heavy atom. The molecule has 2 N–H and O–H groups in total. The highest BCUT2D eigenvalue weighted by molar-refractivity contribution is 9.10. The molecular weight excluding hydrogens is 320 g/mol. The maximum absolute atomic E-state index is 12.0. The number of halogens is 1. The summed E-state index contributed by atoms with van der Waals surface area (Å²) in [5.41, 5.74) is 1.89. The van der Waals surface area contributed by atoms with Crippen LogP contribution in [0.2, 0.25) is 0 Å². The molecule has 0 radical (unpaired) electrons. The van der Waals surface area contributed by atoms with Crippen LogP contribution in [0.4, 0.5) is 5.69 Å². The van der Waals surface area contributed by atoms with E-state index in [-0.39, 0.29) is 11.9 Å². The Balaban J connectivity index is 2.30. The Bertz CT molecular complexity index is 491. The number of hydrogen-bond acceptors (Lipinski definition) is 3. The molecule has 1 aliphatic heterocycles. The van der Waals surface area contributed by atoms with Crippen molar-refractivity contribution in [2.75, 3.05) is 18.5 Å². The van der Waals surface area contributed by atoms with Crippen LogP contribution in [0, 0.1) is 0 Å². The first-order chi connectivity index (χ1) is 9.54. The summed E-state index contributed by atoms with van der Waals surface area (Å²) in [6.07, 6.45) is 2.57. The Kier molecular flexibility index (Phi) is 5.05. The molecule has 5 heteroatoms. The van der Waals surface area contributed by atoms with Gasteiger partial charge in [0.2, 0.25) is 5.91 Å². The largest absolute Gasteiger partial charge is 0.389 e. The number of anilines is 1. The number of nitrogens with zero attached hydrogens (tertiary/aromatic N) is 1. The van der Waals surface area contributed by atoms with Crippen LogP contribution in [0.1, 0.15) is 37.9 Å². The minimum absolute atomic E-state index is 0.0659. The van der Waals surface area contributed by atoms with E-state index in [0.717, 1.165) is 41.5 Å². The molecule has 20 heavy (non-hydrogen) atoms. The number of aliphatic hydroxyl groups excluding tert-OH is 1. The van der Waals surface area contributed by atoms with Crippen molar-refractivity contribution >= 4 is 27.5 Å². The first kappa shape index (κ1) is 15.3. The summed E-state index contributed by atoms with van der Waals surface area (Å²) < 4.78 is 0.923. The molecule has 0 saturated carbocycles. The topological polar surface area (TPSA) is 52.6 Å². The number of piperidine rings is 1. The van der Waals surface area contributed by atoms with E-state index in [4.69, 9.17) is 0 Å². The van der Waals surface area contributed by atoms with Crippen molar-refractivity contribution in [1.29, 1.82) is 0 Å². The minimum atomic E-state index is -0.489. The number of benzene rings is 1. The smallest absolute Gasteiger partial charge is 0.242 e. The van der Waals surface area contributed by atoms with E-state index < -0.39 is 6.10 Å². The molecule has 0 aliphatic carbocycles. The molecule has 2 atom stereocenters. The van der Waals surface area contributed by atoms with E-state index in [9.17, 15) is 9.90 Å². The number of hydrogen-bond donors (Lipinski definition) is 2. The molecule has 1 aromatic carbocycles. The number of amides is 1. The van der Waals surface area contributed by atoms with Gasteiger partial charge in [0.15, 0.2) is 0 Å². The predicted octanol–water partition coefficient (Wildman–Crippen LogP) is 2.61. The van der Waals surface area contributed by atoms with Gasteiger partial charge >= 0.3 is 0 Å². The lowest BCUT2D eigenvalue weighted by molar-refractivity contribution is -0.122. The SMILES string of the molecule is CNC(=O)C1CCCCN1c1ccc([C@@H](C)O)cc1Br. The molecule has 1 heterocycles. The van der Waals surface area contributed by atoms with E-state index in [2.05, 4.69) is 26.1 Å². The van der Waals surface area contributed by atoms with Gasteiger partial charge < -0.3 is 15.3 Å². The molecule has 110 valence electrons. The molecule has 0 bridgehead atoms. The first-order valence-electron chi connectivity index (χ1n) is 7.00. The Hall–Kier alpha value is -1.07. The Labute approximate surface area is 128 Å². The second-order valence-corrected chi connectivity index (χ2v) is 6.06. The Morgan fingerprint density at radius 1 is 1.50 bits per heavy atom. The van der Waals surface area contributed by atoms with Crippen molar-refractivity contribution in [2.45, 2.75) is 38.3 Å². The third kappa shape index (κ3) is 3.15. The first-order valence-corrected chi connectivity index (χ1v) is 7.79. The van der Waals surface area contributed by atoms with Gasteiger partial charge in [0, 0.05) is 18.1 Å². The third-order valence-corrected chi connectivity index (χ3v) is 4.45. The molecule has 4 nitrogen and oxygen atoms in total. The lowest BCUT2D eigenvalue weighted by Gasteiger charge is -2.37. The van der Waals surface area contributed by atoms with Gasteiger partial charge in [0.05, 0.1) is 11.8 Å². The quantitative estimate of drug-likeness (QED) is 0.889. The standard InChI is InChI=1S/C15H21BrN2O2/c1-10(19)11-6-7-13(12(16)9-11)18-8-4-3-5-14(18)15(20)17-2/h6-7,9-10,14,19H,3-5,8H2,1-2H3,(H,17,20)/t10-,14?/m1/s1. The zero-order valence-electron chi connectivity index (χ0n) is 11.9. The number of carbonyl (C=O) groups is 1. The molecule has 1 saturated heterocycles. The molecular formula is C15H21BrN2O2.